The third kappa shape index (κ3) is 10.6. The Bertz CT molecular complexity index is 524. The summed E-state index contributed by atoms with van der Waals surface area (Å²) in [6, 6.07) is 0. The smallest absolute Gasteiger partial charge is 0.333 e. The van der Waals surface area contributed by atoms with Crippen LogP contribution in [0.2, 0.25) is 0 Å². The maximum atomic E-state index is 11.9. The largest absolute Gasteiger partial charge is 0.466 e. The molecule has 0 unspecified atom stereocenters. The van der Waals surface area contributed by atoms with Gasteiger partial charge in [0.25, 0.3) is 0 Å². The molecule has 0 fully saturated rings. The van der Waals surface area contributed by atoms with Crippen LogP contribution < -0.4 is 5.32 Å². The van der Waals surface area contributed by atoms with Gasteiger partial charge in [0.15, 0.2) is 0 Å². The molecule has 0 saturated heterocycles. The van der Waals surface area contributed by atoms with Gasteiger partial charge in [0, 0.05) is 23.8 Å². The van der Waals surface area contributed by atoms with Crippen molar-refractivity contribution in [1.29, 1.82) is 0 Å². The van der Waals surface area contributed by atoms with Gasteiger partial charge in [0.1, 0.15) is 12.4 Å². The topological polar surface area (TPSA) is 98.8 Å². The lowest BCUT2D eigenvalue weighted by atomic mass is 9.83. The number of nitrogens with one attached hydrogen (secondary N) is 1. The van der Waals surface area contributed by atoms with Crippen molar-refractivity contribution in [2.75, 3.05) is 19.8 Å². The lowest BCUT2D eigenvalue weighted by Crippen LogP contribution is -2.28. The standard InChI is InChI=1S/C19H31NO6/c1-6-19(4,5)15(21)8-7-12-25-17(23)10-9-16(22)20-11-13-26-18(24)14(2)3/h2,6-13H2,1,3-5H3,(H,20,22). The van der Waals surface area contributed by atoms with E-state index in [4.69, 9.17) is 9.47 Å². The summed E-state index contributed by atoms with van der Waals surface area (Å²) in [5.74, 6) is -1.16. The van der Waals surface area contributed by atoms with Crippen molar-refractivity contribution in [3.63, 3.8) is 0 Å². The van der Waals surface area contributed by atoms with Gasteiger partial charge >= 0.3 is 11.9 Å². The Morgan fingerprint density at radius 2 is 1.65 bits per heavy atom. The van der Waals surface area contributed by atoms with E-state index in [9.17, 15) is 19.2 Å². The molecule has 0 bridgehead atoms. The Morgan fingerprint density at radius 3 is 2.23 bits per heavy atom. The van der Waals surface area contributed by atoms with Crippen molar-refractivity contribution in [2.45, 2.75) is 59.8 Å². The molecule has 1 N–H and O–H groups in total. The van der Waals surface area contributed by atoms with E-state index >= 15 is 0 Å². The first kappa shape index (κ1) is 23.8. The molecule has 0 saturated carbocycles. The zero-order valence-corrected chi connectivity index (χ0v) is 16.3. The summed E-state index contributed by atoms with van der Waals surface area (Å²) in [6.45, 7) is 11.1. The summed E-state index contributed by atoms with van der Waals surface area (Å²) < 4.78 is 9.85. The van der Waals surface area contributed by atoms with Crippen LogP contribution in [-0.4, -0.2) is 43.4 Å². The molecule has 0 atom stereocenters. The van der Waals surface area contributed by atoms with Gasteiger partial charge in [-0.25, -0.2) is 4.79 Å². The van der Waals surface area contributed by atoms with Crippen LogP contribution in [0.4, 0.5) is 0 Å². The predicted octanol–water partition coefficient (Wildman–Crippen LogP) is 2.33. The number of rotatable bonds is 13. The average Bonchev–Trinajstić information content (AvgIpc) is 2.59. The average molecular weight is 369 g/mol. The van der Waals surface area contributed by atoms with Crippen LogP contribution in [0.5, 0.6) is 0 Å². The van der Waals surface area contributed by atoms with Gasteiger partial charge in [-0.1, -0.05) is 27.4 Å². The summed E-state index contributed by atoms with van der Waals surface area (Å²) in [7, 11) is 0. The molecule has 0 aromatic carbocycles. The Balaban J connectivity index is 3.76. The van der Waals surface area contributed by atoms with Gasteiger partial charge in [-0.05, 0) is 19.8 Å². The highest BCUT2D eigenvalue weighted by molar-refractivity contribution is 5.87. The fourth-order valence-electron chi connectivity index (χ4n) is 1.79. The normalized spacial score (nSPS) is 10.8. The number of carbonyl (C=O) groups is 4. The second-order valence-electron chi connectivity index (χ2n) is 6.75. The molecule has 0 spiro atoms. The molecule has 0 aliphatic rings. The molecule has 0 aliphatic carbocycles. The van der Waals surface area contributed by atoms with E-state index in [0.29, 0.717) is 18.4 Å². The first-order valence-electron chi connectivity index (χ1n) is 8.88. The van der Waals surface area contributed by atoms with E-state index in [2.05, 4.69) is 11.9 Å². The van der Waals surface area contributed by atoms with Gasteiger partial charge in [-0.2, -0.15) is 0 Å². The van der Waals surface area contributed by atoms with Crippen LogP contribution in [0.25, 0.3) is 0 Å². The van der Waals surface area contributed by atoms with Crippen molar-refractivity contribution >= 4 is 23.6 Å². The zero-order valence-electron chi connectivity index (χ0n) is 16.3. The van der Waals surface area contributed by atoms with Crippen LogP contribution >= 0.6 is 0 Å². The molecule has 0 aromatic heterocycles. The van der Waals surface area contributed by atoms with E-state index in [1.54, 1.807) is 0 Å². The summed E-state index contributed by atoms with van der Waals surface area (Å²) in [4.78, 5) is 46.2. The minimum absolute atomic E-state index is 0.00490. The second-order valence-corrected chi connectivity index (χ2v) is 6.75. The number of hydrogen-bond acceptors (Lipinski definition) is 6. The number of ketones is 1. The van der Waals surface area contributed by atoms with Crippen LogP contribution in [0.15, 0.2) is 12.2 Å². The maximum absolute atomic E-state index is 11.9. The molecule has 1 amide bonds. The fourth-order valence-corrected chi connectivity index (χ4v) is 1.79. The molecule has 0 aromatic rings. The molecule has 0 heterocycles. The lowest BCUT2D eigenvalue weighted by molar-refractivity contribution is -0.145. The van der Waals surface area contributed by atoms with Crippen LogP contribution in [-0.2, 0) is 28.7 Å². The van der Waals surface area contributed by atoms with Crippen molar-refractivity contribution in [3.8, 4) is 0 Å². The third-order valence-corrected chi connectivity index (χ3v) is 4.01. The summed E-state index contributed by atoms with van der Waals surface area (Å²) in [5.41, 5.74) is -0.0557. The molecule has 0 aliphatic heterocycles. The number of Topliss-reactive ketones (excluding diaryl/α,β-unsaturated/α-hetero) is 1. The molecule has 0 radical (unpaired) electrons. The first-order chi connectivity index (χ1) is 12.1. The van der Waals surface area contributed by atoms with Gasteiger partial charge < -0.3 is 14.8 Å². The molecule has 0 rings (SSSR count). The zero-order chi connectivity index (χ0) is 20.2. The maximum Gasteiger partial charge on any atom is 0.333 e. The monoisotopic (exact) mass is 369 g/mol. The van der Waals surface area contributed by atoms with E-state index in [1.807, 2.05) is 20.8 Å². The van der Waals surface area contributed by atoms with Crippen molar-refractivity contribution in [3.05, 3.63) is 12.2 Å². The SMILES string of the molecule is C=C(C)C(=O)OCCNC(=O)CCC(=O)OCCCC(=O)C(C)(C)CC. The fraction of sp³-hybridized carbons (Fsp3) is 0.684. The van der Waals surface area contributed by atoms with Gasteiger partial charge in [0.2, 0.25) is 5.91 Å². The molecule has 7 heteroatoms. The Morgan fingerprint density at radius 1 is 1.00 bits per heavy atom. The molecule has 7 nitrogen and oxygen atoms in total. The highest BCUT2D eigenvalue weighted by atomic mass is 16.5. The predicted molar refractivity (Wildman–Crippen MR) is 97.3 cm³/mol. The van der Waals surface area contributed by atoms with Gasteiger partial charge in [-0.15, -0.1) is 0 Å². The number of amides is 1. The third-order valence-electron chi connectivity index (χ3n) is 4.01. The van der Waals surface area contributed by atoms with Crippen molar-refractivity contribution in [2.24, 2.45) is 5.41 Å². The lowest BCUT2D eigenvalue weighted by Gasteiger charge is -2.20. The minimum Gasteiger partial charge on any atom is -0.466 e. The van der Waals surface area contributed by atoms with E-state index in [-0.39, 0.29) is 49.7 Å². The van der Waals surface area contributed by atoms with Crippen molar-refractivity contribution in [1.82, 2.24) is 5.32 Å². The highest BCUT2D eigenvalue weighted by Gasteiger charge is 2.24. The van der Waals surface area contributed by atoms with Crippen LogP contribution in [0.3, 0.4) is 0 Å². The van der Waals surface area contributed by atoms with Crippen LogP contribution in [0, 0.1) is 5.41 Å². The summed E-state index contributed by atoms with van der Waals surface area (Å²) in [5, 5.41) is 2.54. The quantitative estimate of drug-likeness (QED) is 0.304. The van der Waals surface area contributed by atoms with E-state index in [1.165, 1.54) is 6.92 Å². The Labute approximate surface area is 155 Å². The number of esters is 2. The Kier molecular flexibility index (Phi) is 11.2. The van der Waals surface area contributed by atoms with Crippen molar-refractivity contribution < 1.29 is 28.7 Å². The number of hydrogen-bond donors (Lipinski definition) is 1. The first-order valence-corrected chi connectivity index (χ1v) is 8.88. The van der Waals surface area contributed by atoms with E-state index in [0.717, 1.165) is 6.42 Å². The molecule has 148 valence electrons. The summed E-state index contributed by atoms with van der Waals surface area (Å²) >= 11 is 0. The van der Waals surface area contributed by atoms with Crippen LogP contribution in [0.1, 0.15) is 59.8 Å². The number of ether oxygens (including phenoxy) is 2. The molecular formula is C19H31NO6. The van der Waals surface area contributed by atoms with Gasteiger partial charge in [0.05, 0.1) is 19.6 Å². The highest BCUT2D eigenvalue weighted by Crippen LogP contribution is 2.23. The van der Waals surface area contributed by atoms with E-state index < -0.39 is 11.9 Å². The minimum atomic E-state index is -0.511. The number of carbonyl (C=O) groups excluding carboxylic acids is 4. The molecule has 26 heavy (non-hydrogen) atoms. The Hall–Kier alpha value is -2.18. The molecular weight excluding hydrogens is 338 g/mol. The second kappa shape index (κ2) is 12.2. The van der Waals surface area contributed by atoms with Gasteiger partial charge in [-0.3, -0.25) is 14.4 Å². The summed E-state index contributed by atoms with van der Waals surface area (Å²) in [6.07, 6.45) is 1.58.